The van der Waals surface area contributed by atoms with E-state index in [9.17, 15) is 9.59 Å². The molecular formula is C12H22ClN3O2. The van der Waals surface area contributed by atoms with Crippen LogP contribution in [0.5, 0.6) is 0 Å². The van der Waals surface area contributed by atoms with Crippen LogP contribution in [0.4, 0.5) is 0 Å². The van der Waals surface area contributed by atoms with Crippen LogP contribution in [0.3, 0.4) is 0 Å². The standard InChI is InChI=1S/C12H22ClN3O2/c1-3-15(4-2)12(18)10-14-5-7-16(8-6-14)11(17)9-13/h3-10H2,1-2H3. The summed E-state index contributed by atoms with van der Waals surface area (Å²) in [4.78, 5) is 29.0. The zero-order chi connectivity index (χ0) is 13.5. The van der Waals surface area contributed by atoms with E-state index in [1.807, 2.05) is 18.7 Å². The Labute approximate surface area is 114 Å². The van der Waals surface area contributed by atoms with Crippen LogP contribution in [0.15, 0.2) is 0 Å². The van der Waals surface area contributed by atoms with Crippen LogP contribution in [0.25, 0.3) is 0 Å². The molecule has 1 rings (SSSR count). The van der Waals surface area contributed by atoms with Crippen molar-refractivity contribution in [2.75, 3.05) is 51.7 Å². The van der Waals surface area contributed by atoms with Gasteiger partial charge in [0.2, 0.25) is 11.8 Å². The number of hydrogen-bond acceptors (Lipinski definition) is 3. The molecule has 6 heteroatoms. The van der Waals surface area contributed by atoms with Crippen molar-refractivity contribution in [2.45, 2.75) is 13.8 Å². The number of piperazine rings is 1. The molecule has 104 valence electrons. The molecule has 0 radical (unpaired) electrons. The van der Waals surface area contributed by atoms with E-state index < -0.39 is 0 Å². The van der Waals surface area contributed by atoms with E-state index in [0.717, 1.165) is 26.2 Å². The van der Waals surface area contributed by atoms with E-state index in [1.165, 1.54) is 0 Å². The number of likely N-dealkylation sites (N-methyl/N-ethyl adjacent to an activating group) is 1. The highest BCUT2D eigenvalue weighted by atomic mass is 35.5. The molecule has 1 heterocycles. The molecule has 0 unspecified atom stereocenters. The van der Waals surface area contributed by atoms with Crippen LogP contribution < -0.4 is 0 Å². The highest BCUT2D eigenvalue weighted by Gasteiger charge is 2.22. The van der Waals surface area contributed by atoms with Gasteiger partial charge in [0, 0.05) is 39.3 Å². The first-order chi connectivity index (χ1) is 8.62. The summed E-state index contributed by atoms with van der Waals surface area (Å²) in [7, 11) is 0. The minimum absolute atomic E-state index is 0.0219. The lowest BCUT2D eigenvalue weighted by Gasteiger charge is -2.35. The Balaban J connectivity index is 2.35. The lowest BCUT2D eigenvalue weighted by molar-refractivity contribution is -0.133. The van der Waals surface area contributed by atoms with Crippen molar-refractivity contribution in [3.8, 4) is 0 Å². The molecule has 0 atom stereocenters. The first kappa shape index (κ1) is 15.2. The fourth-order valence-corrected chi connectivity index (χ4v) is 2.28. The molecule has 0 aromatic heterocycles. The average Bonchev–Trinajstić information content (AvgIpc) is 2.40. The summed E-state index contributed by atoms with van der Waals surface area (Å²) in [6, 6.07) is 0. The molecule has 1 saturated heterocycles. The SMILES string of the molecule is CCN(CC)C(=O)CN1CCN(C(=O)CCl)CC1. The second-order valence-corrected chi connectivity index (χ2v) is 4.62. The van der Waals surface area contributed by atoms with Crippen LogP contribution in [0.2, 0.25) is 0 Å². The van der Waals surface area contributed by atoms with Crippen LogP contribution in [0.1, 0.15) is 13.8 Å². The number of carbonyl (C=O) groups is 2. The number of nitrogens with zero attached hydrogens (tertiary/aromatic N) is 3. The summed E-state index contributed by atoms with van der Waals surface area (Å²) in [6.07, 6.45) is 0. The minimum atomic E-state index is -0.0219. The highest BCUT2D eigenvalue weighted by Crippen LogP contribution is 2.04. The van der Waals surface area contributed by atoms with E-state index in [1.54, 1.807) is 4.90 Å². The molecular weight excluding hydrogens is 254 g/mol. The molecule has 0 N–H and O–H groups in total. The van der Waals surface area contributed by atoms with Gasteiger partial charge in [0.25, 0.3) is 0 Å². The van der Waals surface area contributed by atoms with Crippen molar-refractivity contribution in [3.05, 3.63) is 0 Å². The largest absolute Gasteiger partial charge is 0.342 e. The summed E-state index contributed by atoms with van der Waals surface area (Å²) in [5.41, 5.74) is 0. The molecule has 0 aromatic rings. The molecule has 0 bridgehead atoms. The van der Waals surface area contributed by atoms with Gasteiger partial charge in [0.05, 0.1) is 6.54 Å². The molecule has 0 saturated carbocycles. The van der Waals surface area contributed by atoms with Gasteiger partial charge >= 0.3 is 0 Å². The Morgan fingerprint density at radius 2 is 1.67 bits per heavy atom. The van der Waals surface area contributed by atoms with Gasteiger partial charge in [-0.2, -0.15) is 0 Å². The smallest absolute Gasteiger partial charge is 0.237 e. The predicted octanol–water partition coefficient (Wildman–Crippen LogP) is 0.238. The van der Waals surface area contributed by atoms with Gasteiger partial charge in [-0.15, -0.1) is 11.6 Å². The third-order valence-electron chi connectivity index (χ3n) is 3.31. The van der Waals surface area contributed by atoms with E-state index >= 15 is 0 Å². The van der Waals surface area contributed by atoms with E-state index in [0.29, 0.717) is 19.6 Å². The normalized spacial score (nSPS) is 16.7. The maximum atomic E-state index is 11.9. The Morgan fingerprint density at radius 3 is 2.11 bits per heavy atom. The summed E-state index contributed by atoms with van der Waals surface area (Å²) in [5, 5.41) is 0. The summed E-state index contributed by atoms with van der Waals surface area (Å²) >= 11 is 5.52. The summed E-state index contributed by atoms with van der Waals surface area (Å²) < 4.78 is 0. The van der Waals surface area contributed by atoms with Crippen molar-refractivity contribution in [1.82, 2.24) is 14.7 Å². The minimum Gasteiger partial charge on any atom is -0.342 e. The molecule has 2 amide bonds. The van der Waals surface area contributed by atoms with Gasteiger partial charge in [-0.1, -0.05) is 0 Å². The maximum Gasteiger partial charge on any atom is 0.237 e. The Morgan fingerprint density at radius 1 is 1.11 bits per heavy atom. The van der Waals surface area contributed by atoms with Crippen molar-refractivity contribution in [1.29, 1.82) is 0 Å². The number of amides is 2. The fourth-order valence-electron chi connectivity index (χ4n) is 2.11. The van der Waals surface area contributed by atoms with Crippen LogP contribution in [-0.2, 0) is 9.59 Å². The first-order valence-corrected chi connectivity index (χ1v) is 6.99. The Bertz CT molecular complexity index is 287. The highest BCUT2D eigenvalue weighted by molar-refractivity contribution is 6.27. The fraction of sp³-hybridized carbons (Fsp3) is 0.833. The summed E-state index contributed by atoms with van der Waals surface area (Å²) in [6.45, 7) is 8.74. The Kier molecular flexibility index (Phi) is 6.43. The molecule has 5 nitrogen and oxygen atoms in total. The van der Waals surface area contributed by atoms with Gasteiger partial charge in [0.1, 0.15) is 5.88 Å². The van der Waals surface area contributed by atoms with Gasteiger partial charge in [-0.05, 0) is 13.8 Å². The number of carbonyl (C=O) groups excluding carboxylic acids is 2. The molecule has 18 heavy (non-hydrogen) atoms. The van der Waals surface area contributed by atoms with Crippen LogP contribution in [-0.4, -0.2) is 78.2 Å². The third kappa shape index (κ3) is 4.14. The lowest BCUT2D eigenvalue weighted by Crippen LogP contribution is -2.51. The van der Waals surface area contributed by atoms with Gasteiger partial charge in [0.15, 0.2) is 0 Å². The zero-order valence-corrected chi connectivity index (χ0v) is 11.9. The molecule has 1 aliphatic rings. The van der Waals surface area contributed by atoms with Gasteiger partial charge in [-0.3, -0.25) is 14.5 Å². The molecule has 1 aliphatic heterocycles. The third-order valence-corrected chi connectivity index (χ3v) is 3.54. The van der Waals surface area contributed by atoms with Crippen molar-refractivity contribution in [3.63, 3.8) is 0 Å². The number of hydrogen-bond donors (Lipinski definition) is 0. The van der Waals surface area contributed by atoms with E-state index in [-0.39, 0.29) is 17.7 Å². The molecule has 1 fully saturated rings. The number of rotatable bonds is 5. The average molecular weight is 276 g/mol. The number of halogens is 1. The van der Waals surface area contributed by atoms with E-state index in [4.69, 9.17) is 11.6 Å². The zero-order valence-electron chi connectivity index (χ0n) is 11.2. The first-order valence-electron chi connectivity index (χ1n) is 6.46. The molecule has 0 aromatic carbocycles. The van der Waals surface area contributed by atoms with Gasteiger partial charge in [-0.25, -0.2) is 0 Å². The molecule has 0 aliphatic carbocycles. The lowest BCUT2D eigenvalue weighted by atomic mass is 10.3. The van der Waals surface area contributed by atoms with Crippen molar-refractivity contribution in [2.24, 2.45) is 0 Å². The predicted molar refractivity (Wildman–Crippen MR) is 71.7 cm³/mol. The quantitative estimate of drug-likeness (QED) is 0.675. The Hall–Kier alpha value is -0.810. The van der Waals surface area contributed by atoms with Crippen molar-refractivity contribution >= 4 is 23.4 Å². The summed E-state index contributed by atoms with van der Waals surface area (Å²) in [5.74, 6) is 0.182. The monoisotopic (exact) mass is 275 g/mol. The maximum absolute atomic E-state index is 11.9. The molecule has 0 spiro atoms. The second-order valence-electron chi connectivity index (χ2n) is 4.36. The number of alkyl halides is 1. The van der Waals surface area contributed by atoms with Gasteiger partial charge < -0.3 is 9.80 Å². The van der Waals surface area contributed by atoms with Crippen LogP contribution in [0, 0.1) is 0 Å². The van der Waals surface area contributed by atoms with E-state index in [2.05, 4.69) is 4.90 Å². The topological polar surface area (TPSA) is 43.9 Å². The van der Waals surface area contributed by atoms with Crippen molar-refractivity contribution < 1.29 is 9.59 Å². The van der Waals surface area contributed by atoms with Crippen LogP contribution >= 0.6 is 11.6 Å². The second kappa shape index (κ2) is 7.59.